The van der Waals surface area contributed by atoms with Crippen molar-refractivity contribution in [3.05, 3.63) is 0 Å². The minimum atomic E-state index is -0.133. The summed E-state index contributed by atoms with van der Waals surface area (Å²) in [4.78, 5) is 10.7. The molecule has 0 aromatic heterocycles. The first-order chi connectivity index (χ1) is 10.4. The number of carbonyl (C=O) groups is 1. The van der Waals surface area contributed by atoms with Crippen LogP contribution in [-0.4, -0.2) is 18.0 Å². The number of carbonyl (C=O) groups excluding carboxylic acids is 1. The van der Waals surface area contributed by atoms with Crippen LogP contribution < -0.4 is 0 Å². The fraction of sp³-hybridized carbons (Fsp3) is 0.950. The highest BCUT2D eigenvalue weighted by molar-refractivity contribution is 5.62. The Kier molecular flexibility index (Phi) is 8.67. The van der Waals surface area contributed by atoms with Crippen LogP contribution in [0.4, 0.5) is 0 Å². The summed E-state index contributed by atoms with van der Waals surface area (Å²) < 4.78 is 5.43. The third-order valence-corrected chi connectivity index (χ3v) is 5.31. The van der Waals surface area contributed by atoms with Gasteiger partial charge in [0.2, 0.25) is 0 Å². The summed E-state index contributed by atoms with van der Waals surface area (Å²) in [7, 11) is 0. The number of aldehydes is 1. The Morgan fingerprint density at radius 1 is 0.909 bits per heavy atom. The maximum absolute atomic E-state index is 10.7. The predicted octanol–water partition coefficient (Wildman–Crippen LogP) is 5.78. The fourth-order valence-electron chi connectivity index (χ4n) is 3.41. The van der Waals surface area contributed by atoms with Crippen LogP contribution in [0.5, 0.6) is 0 Å². The lowest BCUT2D eigenvalue weighted by molar-refractivity contribution is -0.108. The third-order valence-electron chi connectivity index (χ3n) is 5.31. The second-order valence-corrected chi connectivity index (χ2v) is 8.35. The zero-order valence-electron chi connectivity index (χ0n) is 15.6. The van der Waals surface area contributed by atoms with Gasteiger partial charge in [-0.05, 0) is 31.1 Å². The molecule has 0 amide bonds. The number of epoxide rings is 1. The molecule has 0 bridgehead atoms. The van der Waals surface area contributed by atoms with E-state index < -0.39 is 0 Å². The van der Waals surface area contributed by atoms with Crippen LogP contribution in [0, 0.1) is 17.8 Å². The molecule has 0 aromatic carbocycles. The molecule has 2 heteroatoms. The fourth-order valence-corrected chi connectivity index (χ4v) is 3.41. The molecule has 4 atom stereocenters. The van der Waals surface area contributed by atoms with Crippen LogP contribution in [0.25, 0.3) is 0 Å². The summed E-state index contributed by atoms with van der Waals surface area (Å²) >= 11 is 0. The molecule has 130 valence electrons. The van der Waals surface area contributed by atoms with Crippen LogP contribution in [0.2, 0.25) is 0 Å². The van der Waals surface area contributed by atoms with Gasteiger partial charge < -0.3 is 9.53 Å². The highest BCUT2D eigenvalue weighted by Crippen LogP contribution is 2.39. The van der Waals surface area contributed by atoms with Crippen molar-refractivity contribution in [2.75, 3.05) is 0 Å². The van der Waals surface area contributed by atoms with Gasteiger partial charge in [-0.1, -0.05) is 79.1 Å². The molecular formula is C20H38O2. The van der Waals surface area contributed by atoms with Gasteiger partial charge in [-0.15, -0.1) is 0 Å². The zero-order valence-corrected chi connectivity index (χ0v) is 15.6. The molecule has 22 heavy (non-hydrogen) atoms. The second-order valence-electron chi connectivity index (χ2n) is 8.35. The Labute approximate surface area is 138 Å². The monoisotopic (exact) mass is 310 g/mol. The van der Waals surface area contributed by atoms with E-state index in [4.69, 9.17) is 4.74 Å². The molecule has 0 N–H and O–H groups in total. The zero-order chi connectivity index (χ0) is 16.6. The Balaban J connectivity index is 1.97. The van der Waals surface area contributed by atoms with E-state index in [2.05, 4.69) is 34.6 Å². The molecule has 0 saturated carbocycles. The minimum Gasteiger partial charge on any atom is -0.358 e. The third kappa shape index (κ3) is 7.76. The van der Waals surface area contributed by atoms with Gasteiger partial charge in [0.1, 0.15) is 6.10 Å². The summed E-state index contributed by atoms with van der Waals surface area (Å²) in [6, 6.07) is 0. The largest absolute Gasteiger partial charge is 0.358 e. The maximum Gasteiger partial charge on any atom is 0.151 e. The van der Waals surface area contributed by atoms with Crippen molar-refractivity contribution in [3.8, 4) is 0 Å². The van der Waals surface area contributed by atoms with Crippen molar-refractivity contribution < 1.29 is 9.53 Å². The lowest BCUT2D eigenvalue weighted by Gasteiger charge is -2.15. The lowest BCUT2D eigenvalue weighted by atomic mass is 9.91. The molecule has 0 aromatic rings. The first-order valence-corrected chi connectivity index (χ1v) is 9.50. The van der Waals surface area contributed by atoms with Gasteiger partial charge in [0.05, 0.1) is 5.60 Å². The van der Waals surface area contributed by atoms with E-state index >= 15 is 0 Å². The molecule has 0 aliphatic carbocycles. The molecule has 0 radical (unpaired) electrons. The molecule has 1 aliphatic rings. The van der Waals surface area contributed by atoms with Gasteiger partial charge in [-0.3, -0.25) is 0 Å². The van der Waals surface area contributed by atoms with Crippen molar-refractivity contribution in [3.63, 3.8) is 0 Å². The lowest BCUT2D eigenvalue weighted by Crippen LogP contribution is -2.11. The van der Waals surface area contributed by atoms with E-state index in [1.165, 1.54) is 51.4 Å². The van der Waals surface area contributed by atoms with Crippen molar-refractivity contribution in [2.24, 2.45) is 17.8 Å². The molecular weight excluding hydrogens is 272 g/mol. The molecule has 2 nitrogen and oxygen atoms in total. The highest BCUT2D eigenvalue weighted by atomic mass is 16.6. The van der Waals surface area contributed by atoms with Crippen LogP contribution >= 0.6 is 0 Å². The van der Waals surface area contributed by atoms with Gasteiger partial charge in [0.25, 0.3) is 0 Å². The van der Waals surface area contributed by atoms with E-state index in [0.29, 0.717) is 0 Å². The molecule has 2 unspecified atom stereocenters. The average Bonchev–Trinajstić information content (AvgIpc) is 3.09. The van der Waals surface area contributed by atoms with Gasteiger partial charge in [0.15, 0.2) is 6.29 Å². The van der Waals surface area contributed by atoms with Gasteiger partial charge in [0, 0.05) is 0 Å². The van der Waals surface area contributed by atoms with Crippen molar-refractivity contribution in [2.45, 2.75) is 104 Å². The standard InChI is InChI=1S/C20H38O2/c1-16(2)9-6-10-17(3)11-7-12-18(4)13-8-14-20(5)19(15-21)22-20/h15-19H,6-14H2,1-5H3/t17?,18?,19-,20+/m0/s1. The van der Waals surface area contributed by atoms with Crippen LogP contribution in [0.1, 0.15) is 92.4 Å². The van der Waals surface area contributed by atoms with Crippen molar-refractivity contribution in [1.82, 2.24) is 0 Å². The van der Waals surface area contributed by atoms with E-state index in [1.54, 1.807) is 0 Å². The highest BCUT2D eigenvalue weighted by Gasteiger charge is 2.51. The SMILES string of the molecule is CC(C)CCCC(C)CCCC(C)CCC[C@@]1(C)O[C@H]1C=O. The van der Waals surface area contributed by atoms with Crippen LogP contribution in [-0.2, 0) is 9.53 Å². The van der Waals surface area contributed by atoms with E-state index in [9.17, 15) is 4.79 Å². The summed E-state index contributed by atoms with van der Waals surface area (Å²) in [6.45, 7) is 11.5. The van der Waals surface area contributed by atoms with Crippen molar-refractivity contribution in [1.29, 1.82) is 0 Å². The molecule has 0 spiro atoms. The Morgan fingerprint density at radius 2 is 1.41 bits per heavy atom. The molecule has 1 aliphatic heterocycles. The predicted molar refractivity (Wildman–Crippen MR) is 94.1 cm³/mol. The molecule has 1 saturated heterocycles. The van der Waals surface area contributed by atoms with E-state index in [1.807, 2.05) is 0 Å². The van der Waals surface area contributed by atoms with Crippen LogP contribution in [0.3, 0.4) is 0 Å². The molecule has 1 rings (SSSR count). The first kappa shape index (κ1) is 19.7. The first-order valence-electron chi connectivity index (χ1n) is 9.50. The van der Waals surface area contributed by atoms with Crippen LogP contribution in [0.15, 0.2) is 0 Å². The minimum absolute atomic E-state index is 0.130. The topological polar surface area (TPSA) is 29.6 Å². The summed E-state index contributed by atoms with van der Waals surface area (Å²) in [5, 5.41) is 0. The number of hydrogen-bond acceptors (Lipinski definition) is 2. The number of ether oxygens (including phenoxy) is 1. The molecule has 1 heterocycles. The quantitative estimate of drug-likeness (QED) is 0.319. The second kappa shape index (κ2) is 9.70. The smallest absolute Gasteiger partial charge is 0.151 e. The summed E-state index contributed by atoms with van der Waals surface area (Å²) in [5.74, 6) is 2.54. The van der Waals surface area contributed by atoms with E-state index in [-0.39, 0.29) is 11.7 Å². The Bertz CT molecular complexity index is 313. The Morgan fingerprint density at radius 3 is 1.86 bits per heavy atom. The van der Waals surface area contributed by atoms with Crippen molar-refractivity contribution >= 4 is 6.29 Å². The van der Waals surface area contributed by atoms with Gasteiger partial charge in [-0.2, -0.15) is 0 Å². The summed E-state index contributed by atoms with van der Waals surface area (Å²) in [6.07, 6.45) is 12.6. The number of hydrogen-bond donors (Lipinski definition) is 0. The molecule has 1 fully saturated rings. The van der Waals surface area contributed by atoms with Gasteiger partial charge in [-0.25, -0.2) is 0 Å². The van der Waals surface area contributed by atoms with Gasteiger partial charge >= 0.3 is 0 Å². The normalized spacial score (nSPS) is 26.9. The average molecular weight is 311 g/mol. The summed E-state index contributed by atoms with van der Waals surface area (Å²) in [5.41, 5.74) is -0.133. The van der Waals surface area contributed by atoms with E-state index in [0.717, 1.165) is 30.5 Å². The number of rotatable bonds is 13. The maximum atomic E-state index is 10.7. The Hall–Kier alpha value is -0.370.